The summed E-state index contributed by atoms with van der Waals surface area (Å²) in [6.07, 6.45) is 1.47. The SMILES string of the molecule is O=C(Nc1ccccc1Cl)c1cc(C2CCCN(S(=O)(=O)c3cccs3)C2)on1. The number of benzene rings is 1. The van der Waals surface area contributed by atoms with Crippen LogP contribution in [0, 0.1) is 0 Å². The molecule has 1 aliphatic rings. The fourth-order valence-corrected chi connectivity index (χ4v) is 6.12. The zero-order valence-electron chi connectivity index (χ0n) is 15.2. The molecule has 1 fully saturated rings. The minimum Gasteiger partial charge on any atom is -0.360 e. The first-order valence-corrected chi connectivity index (χ1v) is 11.7. The molecule has 1 aliphatic heterocycles. The molecule has 3 aromatic rings. The lowest BCUT2D eigenvalue weighted by atomic mass is 9.97. The van der Waals surface area contributed by atoms with E-state index in [-0.39, 0.29) is 11.6 Å². The Hall–Kier alpha value is -2.20. The van der Waals surface area contributed by atoms with Gasteiger partial charge in [-0.2, -0.15) is 4.31 Å². The monoisotopic (exact) mass is 451 g/mol. The van der Waals surface area contributed by atoms with Crippen molar-refractivity contribution in [1.82, 2.24) is 9.46 Å². The number of nitrogens with zero attached hydrogens (tertiary/aromatic N) is 2. The maximum atomic E-state index is 12.8. The second-order valence-corrected chi connectivity index (χ2v) is 10.2. The van der Waals surface area contributed by atoms with Gasteiger partial charge in [0.25, 0.3) is 15.9 Å². The highest BCUT2D eigenvalue weighted by Crippen LogP contribution is 2.32. The van der Waals surface area contributed by atoms with Crippen molar-refractivity contribution in [1.29, 1.82) is 0 Å². The Morgan fingerprint density at radius 3 is 2.86 bits per heavy atom. The molecule has 152 valence electrons. The summed E-state index contributed by atoms with van der Waals surface area (Å²) in [5.41, 5.74) is 0.604. The Balaban J connectivity index is 1.48. The van der Waals surface area contributed by atoms with Gasteiger partial charge in [-0.15, -0.1) is 11.3 Å². The average Bonchev–Trinajstić information content (AvgIpc) is 3.42. The van der Waals surface area contributed by atoms with Crippen molar-refractivity contribution in [2.75, 3.05) is 18.4 Å². The van der Waals surface area contributed by atoms with Crippen LogP contribution >= 0.6 is 22.9 Å². The molecule has 29 heavy (non-hydrogen) atoms. The maximum absolute atomic E-state index is 12.8. The highest BCUT2D eigenvalue weighted by atomic mass is 35.5. The predicted molar refractivity (Wildman–Crippen MR) is 111 cm³/mol. The number of halogens is 1. The average molecular weight is 452 g/mol. The van der Waals surface area contributed by atoms with Gasteiger partial charge in [-0.05, 0) is 36.4 Å². The Labute approximate surface area is 177 Å². The van der Waals surface area contributed by atoms with Crippen LogP contribution in [0.5, 0.6) is 0 Å². The van der Waals surface area contributed by atoms with Crippen LogP contribution in [0.3, 0.4) is 0 Å². The summed E-state index contributed by atoms with van der Waals surface area (Å²) in [4.78, 5) is 12.4. The molecule has 4 rings (SSSR count). The van der Waals surface area contributed by atoms with Gasteiger partial charge in [-0.1, -0.05) is 35.0 Å². The summed E-state index contributed by atoms with van der Waals surface area (Å²) in [6, 6.07) is 11.8. The molecule has 0 spiro atoms. The Morgan fingerprint density at radius 1 is 1.28 bits per heavy atom. The van der Waals surface area contributed by atoms with E-state index in [0.29, 0.717) is 40.2 Å². The molecule has 0 radical (unpaired) electrons. The topological polar surface area (TPSA) is 92.5 Å². The van der Waals surface area contributed by atoms with Gasteiger partial charge in [0, 0.05) is 25.1 Å². The van der Waals surface area contributed by atoms with Gasteiger partial charge in [0.05, 0.1) is 10.7 Å². The molecule has 1 saturated heterocycles. The summed E-state index contributed by atoms with van der Waals surface area (Å²) in [7, 11) is -3.52. The molecule has 10 heteroatoms. The first-order valence-electron chi connectivity index (χ1n) is 9.01. The Kier molecular flexibility index (Phi) is 5.73. The lowest BCUT2D eigenvalue weighted by Gasteiger charge is -2.30. The van der Waals surface area contributed by atoms with Crippen molar-refractivity contribution in [2.24, 2.45) is 0 Å². The van der Waals surface area contributed by atoms with Crippen molar-refractivity contribution in [3.63, 3.8) is 0 Å². The lowest BCUT2D eigenvalue weighted by molar-refractivity contribution is 0.101. The Bertz CT molecular complexity index is 1110. The van der Waals surface area contributed by atoms with E-state index in [9.17, 15) is 13.2 Å². The van der Waals surface area contributed by atoms with Gasteiger partial charge < -0.3 is 9.84 Å². The number of thiophene rings is 1. The van der Waals surface area contributed by atoms with Crippen LogP contribution in [0.4, 0.5) is 5.69 Å². The largest absolute Gasteiger partial charge is 0.360 e. The molecule has 0 bridgehead atoms. The van der Waals surface area contributed by atoms with Gasteiger partial charge in [0.1, 0.15) is 9.97 Å². The zero-order chi connectivity index (χ0) is 20.4. The van der Waals surface area contributed by atoms with Crippen molar-refractivity contribution in [3.05, 3.63) is 64.3 Å². The molecule has 0 aliphatic carbocycles. The van der Waals surface area contributed by atoms with Gasteiger partial charge >= 0.3 is 0 Å². The number of anilines is 1. The number of amides is 1. The normalized spacial score (nSPS) is 17.9. The Morgan fingerprint density at radius 2 is 2.10 bits per heavy atom. The molecule has 1 amide bonds. The number of rotatable bonds is 5. The predicted octanol–water partition coefficient (Wildman–Crippen LogP) is 4.21. The third-order valence-electron chi connectivity index (χ3n) is 4.76. The minimum atomic E-state index is -3.52. The maximum Gasteiger partial charge on any atom is 0.277 e. The number of para-hydroxylation sites is 1. The number of aromatic nitrogens is 1. The fraction of sp³-hybridized carbons (Fsp3) is 0.263. The van der Waals surface area contributed by atoms with Crippen LogP contribution in [-0.2, 0) is 10.0 Å². The first-order chi connectivity index (χ1) is 13.9. The molecule has 2 aromatic heterocycles. The number of hydrogen-bond donors (Lipinski definition) is 1. The lowest BCUT2D eigenvalue weighted by Crippen LogP contribution is -2.38. The van der Waals surface area contributed by atoms with Crippen LogP contribution in [0.1, 0.15) is 35.0 Å². The molecule has 1 atom stereocenters. The van der Waals surface area contributed by atoms with E-state index in [1.807, 2.05) is 0 Å². The van der Waals surface area contributed by atoms with E-state index in [2.05, 4.69) is 10.5 Å². The number of nitrogens with one attached hydrogen (secondary N) is 1. The van der Waals surface area contributed by atoms with E-state index in [1.165, 1.54) is 15.6 Å². The molecule has 7 nitrogen and oxygen atoms in total. The van der Waals surface area contributed by atoms with Crippen molar-refractivity contribution in [2.45, 2.75) is 23.0 Å². The second kappa shape index (κ2) is 8.27. The van der Waals surface area contributed by atoms with Gasteiger partial charge in [-0.25, -0.2) is 8.42 Å². The molecular formula is C19H18ClN3O4S2. The van der Waals surface area contributed by atoms with Crippen LogP contribution in [0.2, 0.25) is 5.02 Å². The third-order valence-corrected chi connectivity index (χ3v) is 8.33. The summed E-state index contributed by atoms with van der Waals surface area (Å²) < 4.78 is 32.8. The van der Waals surface area contributed by atoms with Crippen LogP contribution < -0.4 is 5.32 Å². The van der Waals surface area contributed by atoms with Crippen LogP contribution in [0.25, 0.3) is 0 Å². The van der Waals surface area contributed by atoms with E-state index in [1.54, 1.807) is 47.8 Å². The number of hydrogen-bond acceptors (Lipinski definition) is 6. The number of carbonyl (C=O) groups excluding carboxylic acids is 1. The fourth-order valence-electron chi connectivity index (χ4n) is 3.27. The molecule has 1 aromatic carbocycles. The molecule has 0 saturated carbocycles. The van der Waals surface area contributed by atoms with E-state index in [0.717, 1.165) is 6.42 Å². The quantitative estimate of drug-likeness (QED) is 0.627. The summed E-state index contributed by atoms with van der Waals surface area (Å²) in [5.74, 6) is -0.0970. The van der Waals surface area contributed by atoms with Crippen molar-refractivity contribution < 1.29 is 17.7 Å². The van der Waals surface area contributed by atoms with E-state index < -0.39 is 15.9 Å². The molecule has 3 heterocycles. The highest BCUT2D eigenvalue weighted by Gasteiger charge is 2.33. The number of carbonyl (C=O) groups is 1. The third kappa shape index (κ3) is 4.23. The van der Waals surface area contributed by atoms with Crippen molar-refractivity contribution in [3.8, 4) is 0 Å². The summed E-state index contributed by atoms with van der Waals surface area (Å²) >= 11 is 7.27. The highest BCUT2D eigenvalue weighted by molar-refractivity contribution is 7.91. The van der Waals surface area contributed by atoms with Crippen molar-refractivity contribution >= 4 is 44.6 Å². The number of piperidine rings is 1. The van der Waals surface area contributed by atoms with Crippen LogP contribution in [-0.4, -0.2) is 36.9 Å². The van der Waals surface area contributed by atoms with Gasteiger partial charge in [0.2, 0.25) is 0 Å². The summed E-state index contributed by atoms with van der Waals surface area (Å²) in [5, 5.41) is 8.72. The first kappa shape index (κ1) is 20.1. The molecule has 1 N–H and O–H groups in total. The molecular weight excluding hydrogens is 434 g/mol. The zero-order valence-corrected chi connectivity index (χ0v) is 17.6. The van der Waals surface area contributed by atoms with E-state index in [4.69, 9.17) is 16.1 Å². The second-order valence-electron chi connectivity index (χ2n) is 6.68. The van der Waals surface area contributed by atoms with Gasteiger partial charge in [0.15, 0.2) is 5.69 Å². The number of sulfonamides is 1. The minimum absolute atomic E-state index is 0.123. The molecule has 1 unspecified atom stereocenters. The van der Waals surface area contributed by atoms with Crippen LogP contribution in [0.15, 0.2) is 56.6 Å². The standard InChI is InChI=1S/C19H18ClN3O4S2/c20-14-6-1-2-7-15(14)21-19(24)16-11-17(27-22-16)13-5-3-9-23(12-13)29(25,26)18-8-4-10-28-18/h1-2,4,6-8,10-11,13H,3,5,9,12H2,(H,21,24). The summed E-state index contributed by atoms with van der Waals surface area (Å²) in [6.45, 7) is 0.756. The van der Waals surface area contributed by atoms with Gasteiger partial charge in [-0.3, -0.25) is 4.79 Å². The smallest absolute Gasteiger partial charge is 0.277 e. The van der Waals surface area contributed by atoms with E-state index >= 15 is 0 Å².